The quantitative estimate of drug-likeness (QED) is 0.678. The number of hydrogen-bond donors (Lipinski definition) is 0. The van der Waals surface area contributed by atoms with E-state index in [0.29, 0.717) is 0 Å². The first-order valence-corrected chi connectivity index (χ1v) is 6.99. The first-order valence-electron chi connectivity index (χ1n) is 5.96. The van der Waals surface area contributed by atoms with Gasteiger partial charge in [0.1, 0.15) is 0 Å². The molecule has 0 saturated carbocycles. The summed E-state index contributed by atoms with van der Waals surface area (Å²) in [4.78, 5) is 0. The second-order valence-electron chi connectivity index (χ2n) is 6.53. The van der Waals surface area contributed by atoms with Crippen LogP contribution in [0.1, 0.15) is 55.4 Å². The van der Waals surface area contributed by atoms with Gasteiger partial charge in [0.25, 0.3) is 0 Å². The van der Waals surface area contributed by atoms with Gasteiger partial charge in [0.15, 0.2) is 0 Å². The minimum Gasteiger partial charge on any atom is -0.755 e. The zero-order valence-corrected chi connectivity index (χ0v) is 13.0. The number of allylic oxidation sites excluding steroid dienone is 2. The SMILES string of the molecule is CC1=C(C)C(C)(C)C(C)(C)C(C)(C)N1S(=O)[O-]. The standard InChI is InChI=1S/C13H25NO2S/c1-9-10(2)14(17(15)16)13(7,8)12(5,6)11(9,3)4/h1-8H3,(H,15,16)/p-1. The van der Waals surface area contributed by atoms with Crippen molar-refractivity contribution >= 4 is 11.3 Å². The molecule has 0 radical (unpaired) electrons. The van der Waals surface area contributed by atoms with E-state index in [-0.39, 0.29) is 10.8 Å². The molecule has 1 aliphatic heterocycles. The van der Waals surface area contributed by atoms with Crippen LogP contribution in [-0.2, 0) is 11.3 Å². The van der Waals surface area contributed by atoms with Crippen LogP contribution in [0.4, 0.5) is 0 Å². The number of hydrogen-bond acceptors (Lipinski definition) is 2. The van der Waals surface area contributed by atoms with Crippen molar-refractivity contribution in [3.63, 3.8) is 0 Å². The zero-order valence-electron chi connectivity index (χ0n) is 12.2. The maximum atomic E-state index is 11.5. The van der Waals surface area contributed by atoms with Crippen LogP contribution in [0.5, 0.6) is 0 Å². The molecular weight excluding hydrogens is 234 g/mol. The highest BCUT2D eigenvalue weighted by Crippen LogP contribution is 2.58. The van der Waals surface area contributed by atoms with E-state index < -0.39 is 16.8 Å². The Balaban J connectivity index is 3.60. The molecule has 0 aliphatic carbocycles. The fourth-order valence-corrected chi connectivity index (χ4v) is 3.77. The minimum absolute atomic E-state index is 0.0313. The third-order valence-corrected chi connectivity index (χ3v) is 6.56. The lowest BCUT2D eigenvalue weighted by molar-refractivity contribution is -0.0172. The van der Waals surface area contributed by atoms with Crippen molar-refractivity contribution in [3.8, 4) is 0 Å². The summed E-state index contributed by atoms with van der Waals surface area (Å²) >= 11 is -2.23. The molecule has 0 fully saturated rings. The van der Waals surface area contributed by atoms with Gasteiger partial charge in [0.2, 0.25) is 0 Å². The lowest BCUT2D eigenvalue weighted by atomic mass is 9.54. The number of rotatable bonds is 1. The van der Waals surface area contributed by atoms with Gasteiger partial charge >= 0.3 is 0 Å². The molecule has 0 bridgehead atoms. The zero-order chi connectivity index (χ0) is 13.8. The molecular formula is C13H24NO2S-. The van der Waals surface area contributed by atoms with Gasteiger partial charge in [0.05, 0.1) is 5.54 Å². The predicted octanol–water partition coefficient (Wildman–Crippen LogP) is 3.22. The van der Waals surface area contributed by atoms with Gasteiger partial charge < -0.3 is 8.86 Å². The molecule has 1 atom stereocenters. The Kier molecular flexibility index (Phi) is 3.31. The molecule has 100 valence electrons. The van der Waals surface area contributed by atoms with Crippen LogP contribution < -0.4 is 0 Å². The summed E-state index contributed by atoms with van der Waals surface area (Å²) in [7, 11) is 0. The third kappa shape index (κ3) is 1.68. The molecule has 0 spiro atoms. The molecule has 17 heavy (non-hydrogen) atoms. The molecule has 0 N–H and O–H groups in total. The summed E-state index contributed by atoms with van der Waals surface area (Å²) in [5.74, 6) is 0. The van der Waals surface area contributed by atoms with Crippen molar-refractivity contribution < 1.29 is 8.76 Å². The molecule has 0 aromatic heterocycles. The highest BCUT2D eigenvalue weighted by atomic mass is 32.2. The topological polar surface area (TPSA) is 43.4 Å². The van der Waals surface area contributed by atoms with Crippen LogP contribution >= 0.6 is 0 Å². The second-order valence-corrected chi connectivity index (χ2v) is 7.33. The van der Waals surface area contributed by atoms with Gasteiger partial charge in [-0.25, -0.2) is 0 Å². The average Bonchev–Trinajstić information content (AvgIpc) is 2.13. The van der Waals surface area contributed by atoms with Gasteiger partial charge in [-0.2, -0.15) is 0 Å². The minimum atomic E-state index is -2.23. The van der Waals surface area contributed by atoms with Gasteiger partial charge in [-0.05, 0) is 44.1 Å². The van der Waals surface area contributed by atoms with Crippen molar-refractivity contribution in [3.05, 3.63) is 11.3 Å². The fraction of sp³-hybridized carbons (Fsp3) is 0.846. The van der Waals surface area contributed by atoms with Crippen molar-refractivity contribution in [2.24, 2.45) is 10.8 Å². The van der Waals surface area contributed by atoms with Crippen LogP contribution in [0.2, 0.25) is 0 Å². The van der Waals surface area contributed by atoms with Gasteiger partial charge in [-0.15, -0.1) is 0 Å². The van der Waals surface area contributed by atoms with Crippen molar-refractivity contribution in [1.82, 2.24) is 4.31 Å². The summed E-state index contributed by atoms with van der Waals surface area (Å²) in [6.45, 7) is 16.6. The molecule has 0 aromatic carbocycles. The van der Waals surface area contributed by atoms with E-state index in [0.717, 1.165) is 11.3 Å². The van der Waals surface area contributed by atoms with Crippen LogP contribution in [0, 0.1) is 10.8 Å². The summed E-state index contributed by atoms with van der Waals surface area (Å²) in [5, 5.41) is 0. The van der Waals surface area contributed by atoms with Crippen molar-refractivity contribution in [1.29, 1.82) is 0 Å². The number of nitrogens with zero attached hydrogens (tertiary/aromatic N) is 1. The molecule has 1 unspecified atom stereocenters. The Labute approximate surface area is 108 Å². The largest absolute Gasteiger partial charge is 0.755 e. The van der Waals surface area contributed by atoms with Crippen molar-refractivity contribution in [2.45, 2.75) is 60.9 Å². The summed E-state index contributed by atoms with van der Waals surface area (Å²) in [5.41, 5.74) is 1.38. The van der Waals surface area contributed by atoms with Gasteiger partial charge in [0, 0.05) is 17.0 Å². The molecule has 0 amide bonds. The first-order chi connectivity index (χ1) is 7.39. The van der Waals surface area contributed by atoms with Crippen LogP contribution in [0.15, 0.2) is 11.3 Å². The molecule has 1 heterocycles. The maximum Gasteiger partial charge on any atom is 0.0527 e. The average molecular weight is 258 g/mol. The maximum absolute atomic E-state index is 11.5. The summed E-state index contributed by atoms with van der Waals surface area (Å²) < 4.78 is 24.6. The van der Waals surface area contributed by atoms with Crippen molar-refractivity contribution in [2.75, 3.05) is 0 Å². The molecule has 1 rings (SSSR count). The molecule has 1 aliphatic rings. The van der Waals surface area contributed by atoms with E-state index in [1.165, 1.54) is 4.31 Å². The second kappa shape index (κ2) is 3.82. The highest BCUT2D eigenvalue weighted by Gasteiger charge is 2.55. The van der Waals surface area contributed by atoms with E-state index >= 15 is 0 Å². The lowest BCUT2D eigenvalue weighted by Crippen LogP contribution is -2.62. The fourth-order valence-electron chi connectivity index (χ4n) is 2.81. The van der Waals surface area contributed by atoms with E-state index in [4.69, 9.17) is 0 Å². The van der Waals surface area contributed by atoms with Gasteiger partial charge in [-0.3, -0.25) is 4.21 Å². The molecule has 0 aromatic rings. The third-order valence-electron chi connectivity index (χ3n) is 5.53. The van der Waals surface area contributed by atoms with Crippen LogP contribution in [0.25, 0.3) is 0 Å². The first kappa shape index (κ1) is 14.7. The molecule has 4 heteroatoms. The smallest absolute Gasteiger partial charge is 0.0527 e. The van der Waals surface area contributed by atoms with Crippen LogP contribution in [-0.4, -0.2) is 18.6 Å². The Morgan fingerprint density at radius 3 is 1.82 bits per heavy atom. The molecule has 0 saturated heterocycles. The normalized spacial score (nSPS) is 28.2. The van der Waals surface area contributed by atoms with E-state index in [2.05, 4.69) is 27.7 Å². The Bertz CT molecular complexity index is 394. The summed E-state index contributed by atoms with van der Waals surface area (Å²) in [6.07, 6.45) is 0. The highest BCUT2D eigenvalue weighted by molar-refractivity contribution is 7.76. The molecule has 3 nitrogen and oxygen atoms in total. The lowest BCUT2D eigenvalue weighted by Gasteiger charge is -2.62. The Morgan fingerprint density at radius 2 is 1.47 bits per heavy atom. The van der Waals surface area contributed by atoms with Gasteiger partial charge in [-0.1, -0.05) is 27.7 Å². The van der Waals surface area contributed by atoms with E-state index in [9.17, 15) is 8.76 Å². The summed E-state index contributed by atoms with van der Waals surface area (Å²) in [6, 6.07) is 0. The Hall–Kier alpha value is -0.350. The van der Waals surface area contributed by atoms with Crippen LogP contribution in [0.3, 0.4) is 0 Å². The monoisotopic (exact) mass is 258 g/mol. The predicted molar refractivity (Wildman–Crippen MR) is 70.8 cm³/mol. The van der Waals surface area contributed by atoms with E-state index in [1.54, 1.807) is 0 Å². The van der Waals surface area contributed by atoms with E-state index in [1.807, 2.05) is 27.7 Å². The Morgan fingerprint density at radius 1 is 1.06 bits per heavy atom.